The van der Waals surface area contributed by atoms with Crippen LogP contribution < -0.4 is 5.32 Å². The SMILES string of the molecule is C=C/C=C(\C=C/C)NC(=O)c1ccc(O)c(O)c1Cl. The van der Waals surface area contributed by atoms with Gasteiger partial charge in [-0.25, -0.2) is 0 Å². The van der Waals surface area contributed by atoms with E-state index in [0.29, 0.717) is 5.70 Å². The molecular formula is C14H14ClNO3. The van der Waals surface area contributed by atoms with Crippen molar-refractivity contribution in [3.8, 4) is 11.5 Å². The first-order chi connectivity index (χ1) is 9.01. The molecule has 100 valence electrons. The van der Waals surface area contributed by atoms with Crippen LogP contribution in [0, 0.1) is 0 Å². The Morgan fingerprint density at radius 3 is 2.68 bits per heavy atom. The zero-order valence-corrected chi connectivity index (χ0v) is 11.1. The van der Waals surface area contributed by atoms with E-state index in [1.165, 1.54) is 18.2 Å². The maximum Gasteiger partial charge on any atom is 0.257 e. The number of benzene rings is 1. The predicted molar refractivity (Wildman–Crippen MR) is 75.3 cm³/mol. The van der Waals surface area contributed by atoms with Gasteiger partial charge in [-0.1, -0.05) is 30.3 Å². The Kier molecular flexibility index (Phi) is 5.21. The lowest BCUT2D eigenvalue weighted by atomic mass is 10.1. The second kappa shape index (κ2) is 6.66. The molecule has 0 heterocycles. The van der Waals surface area contributed by atoms with Gasteiger partial charge < -0.3 is 15.5 Å². The van der Waals surface area contributed by atoms with Crippen LogP contribution in [-0.4, -0.2) is 16.1 Å². The van der Waals surface area contributed by atoms with Gasteiger partial charge in [0.05, 0.1) is 10.6 Å². The highest BCUT2D eigenvalue weighted by molar-refractivity contribution is 6.35. The van der Waals surface area contributed by atoms with Gasteiger partial charge in [0.2, 0.25) is 0 Å². The van der Waals surface area contributed by atoms with E-state index in [-0.39, 0.29) is 16.3 Å². The van der Waals surface area contributed by atoms with Gasteiger partial charge in [-0.2, -0.15) is 0 Å². The number of halogens is 1. The molecule has 0 aromatic heterocycles. The van der Waals surface area contributed by atoms with Gasteiger partial charge in [-0.15, -0.1) is 0 Å². The standard InChI is InChI=1S/C14H14ClNO3/c1-3-5-9(6-4-2)16-14(19)10-7-8-11(17)13(18)12(10)15/h3-8,17-18H,1H2,2H3,(H,16,19)/b6-4-,9-5+. The molecule has 1 amide bonds. The van der Waals surface area contributed by atoms with Crippen LogP contribution in [0.1, 0.15) is 17.3 Å². The number of hydrogen-bond acceptors (Lipinski definition) is 3. The Morgan fingerprint density at radius 1 is 1.42 bits per heavy atom. The molecule has 0 aliphatic heterocycles. The molecule has 1 aromatic carbocycles. The molecule has 0 bridgehead atoms. The van der Waals surface area contributed by atoms with Crippen LogP contribution in [0.2, 0.25) is 5.02 Å². The maximum atomic E-state index is 12.0. The van der Waals surface area contributed by atoms with E-state index in [9.17, 15) is 15.0 Å². The first-order valence-corrected chi connectivity index (χ1v) is 5.86. The Bertz CT molecular complexity index is 562. The third-order valence-electron chi connectivity index (χ3n) is 2.24. The molecule has 0 aliphatic rings. The Balaban J connectivity index is 3.05. The van der Waals surface area contributed by atoms with E-state index in [0.717, 1.165) is 0 Å². The van der Waals surface area contributed by atoms with Gasteiger partial charge in [-0.05, 0) is 31.2 Å². The lowest BCUT2D eigenvalue weighted by Crippen LogP contribution is -2.22. The van der Waals surface area contributed by atoms with E-state index in [4.69, 9.17) is 11.6 Å². The molecule has 0 fully saturated rings. The minimum Gasteiger partial charge on any atom is -0.504 e. The first kappa shape index (κ1) is 14.9. The van der Waals surface area contributed by atoms with Crippen LogP contribution in [0.4, 0.5) is 0 Å². The van der Waals surface area contributed by atoms with E-state index in [1.807, 2.05) is 6.92 Å². The summed E-state index contributed by atoms with van der Waals surface area (Å²) in [5.74, 6) is -1.39. The maximum absolute atomic E-state index is 12.0. The minimum absolute atomic E-state index is 0.0661. The van der Waals surface area contributed by atoms with Crippen molar-refractivity contribution in [1.29, 1.82) is 0 Å². The summed E-state index contributed by atoms with van der Waals surface area (Å²) in [6.07, 6.45) is 6.59. The van der Waals surface area contributed by atoms with E-state index in [2.05, 4.69) is 11.9 Å². The molecule has 4 nitrogen and oxygen atoms in total. The molecule has 0 unspecified atom stereocenters. The molecule has 5 heteroatoms. The zero-order chi connectivity index (χ0) is 14.4. The Hall–Kier alpha value is -2.20. The van der Waals surface area contributed by atoms with Crippen LogP contribution in [0.25, 0.3) is 0 Å². The summed E-state index contributed by atoms with van der Waals surface area (Å²) in [6, 6.07) is 2.52. The molecule has 0 saturated heterocycles. The highest BCUT2D eigenvalue weighted by atomic mass is 35.5. The molecule has 1 rings (SSSR count). The number of rotatable bonds is 4. The summed E-state index contributed by atoms with van der Waals surface area (Å²) in [6.45, 7) is 5.35. The largest absolute Gasteiger partial charge is 0.504 e. The summed E-state index contributed by atoms with van der Waals surface area (Å²) in [4.78, 5) is 12.0. The average Bonchev–Trinajstić information content (AvgIpc) is 2.36. The predicted octanol–water partition coefficient (Wildman–Crippen LogP) is 3.13. The van der Waals surface area contributed by atoms with Crippen molar-refractivity contribution < 1.29 is 15.0 Å². The lowest BCUT2D eigenvalue weighted by Gasteiger charge is -2.09. The number of phenols is 2. The third-order valence-corrected chi connectivity index (χ3v) is 2.62. The summed E-state index contributed by atoms with van der Waals surface area (Å²) in [7, 11) is 0. The van der Waals surface area contributed by atoms with Gasteiger partial charge >= 0.3 is 0 Å². The van der Waals surface area contributed by atoms with Gasteiger partial charge in [0.25, 0.3) is 5.91 Å². The van der Waals surface area contributed by atoms with Crippen molar-refractivity contribution in [2.75, 3.05) is 0 Å². The quantitative estimate of drug-likeness (QED) is 0.586. The number of amides is 1. The van der Waals surface area contributed by atoms with Crippen LogP contribution in [0.3, 0.4) is 0 Å². The number of phenolic OH excluding ortho intramolecular Hbond substituents is 2. The van der Waals surface area contributed by atoms with E-state index < -0.39 is 11.7 Å². The van der Waals surface area contributed by atoms with E-state index in [1.54, 1.807) is 18.2 Å². The van der Waals surface area contributed by atoms with Gasteiger partial charge in [0, 0.05) is 5.70 Å². The van der Waals surface area contributed by atoms with Crippen molar-refractivity contribution in [1.82, 2.24) is 5.32 Å². The fourth-order valence-electron chi connectivity index (χ4n) is 1.37. The second-order valence-corrected chi connectivity index (χ2v) is 3.98. The van der Waals surface area contributed by atoms with Crippen molar-refractivity contribution in [3.05, 3.63) is 59.3 Å². The summed E-state index contributed by atoms with van der Waals surface area (Å²) in [5.41, 5.74) is 0.600. The second-order valence-electron chi connectivity index (χ2n) is 3.61. The van der Waals surface area contributed by atoms with Crippen LogP contribution in [0.5, 0.6) is 11.5 Å². The summed E-state index contributed by atoms with van der Waals surface area (Å²) < 4.78 is 0. The van der Waals surface area contributed by atoms with Gasteiger partial charge in [-0.3, -0.25) is 4.79 Å². The molecule has 0 spiro atoms. The number of allylic oxidation sites excluding steroid dienone is 4. The smallest absolute Gasteiger partial charge is 0.257 e. The molecule has 0 radical (unpaired) electrons. The van der Waals surface area contributed by atoms with Gasteiger partial charge in [0.15, 0.2) is 11.5 Å². The molecule has 0 atom stereocenters. The van der Waals surface area contributed by atoms with Crippen molar-refractivity contribution >= 4 is 17.5 Å². The zero-order valence-electron chi connectivity index (χ0n) is 10.4. The number of aromatic hydroxyl groups is 2. The fraction of sp³-hybridized carbons (Fsp3) is 0.0714. The van der Waals surface area contributed by atoms with Crippen molar-refractivity contribution in [2.24, 2.45) is 0 Å². The minimum atomic E-state index is -0.519. The molecule has 19 heavy (non-hydrogen) atoms. The number of hydrogen-bond donors (Lipinski definition) is 3. The topological polar surface area (TPSA) is 69.6 Å². The van der Waals surface area contributed by atoms with Crippen LogP contribution >= 0.6 is 11.6 Å². The molecule has 0 saturated carbocycles. The van der Waals surface area contributed by atoms with E-state index >= 15 is 0 Å². The molecule has 0 aliphatic carbocycles. The lowest BCUT2D eigenvalue weighted by molar-refractivity contribution is 0.0967. The van der Waals surface area contributed by atoms with Crippen molar-refractivity contribution in [3.63, 3.8) is 0 Å². The Morgan fingerprint density at radius 2 is 2.11 bits per heavy atom. The highest BCUT2D eigenvalue weighted by Gasteiger charge is 2.16. The third kappa shape index (κ3) is 3.63. The fourth-order valence-corrected chi connectivity index (χ4v) is 1.62. The van der Waals surface area contributed by atoms with Crippen LogP contribution in [0.15, 0.2) is 48.7 Å². The average molecular weight is 280 g/mol. The summed E-state index contributed by atoms with van der Waals surface area (Å²) >= 11 is 5.80. The van der Waals surface area contributed by atoms with Crippen LogP contribution in [-0.2, 0) is 0 Å². The molecule has 3 N–H and O–H groups in total. The van der Waals surface area contributed by atoms with Crippen molar-refractivity contribution in [2.45, 2.75) is 6.92 Å². The van der Waals surface area contributed by atoms with Gasteiger partial charge in [0.1, 0.15) is 0 Å². The first-order valence-electron chi connectivity index (χ1n) is 5.48. The molecule has 1 aromatic rings. The monoisotopic (exact) mass is 279 g/mol. The highest BCUT2D eigenvalue weighted by Crippen LogP contribution is 2.35. The summed E-state index contributed by atoms with van der Waals surface area (Å²) in [5, 5.41) is 21.1. The normalized spacial score (nSPS) is 11.6. The Labute approximate surface area is 116 Å². The number of nitrogens with one attached hydrogen (secondary N) is 1. The number of carbonyl (C=O) groups excluding carboxylic acids is 1. The number of carbonyl (C=O) groups is 1. The molecular weight excluding hydrogens is 266 g/mol.